The van der Waals surface area contributed by atoms with E-state index in [1.165, 1.54) is 19.4 Å². The first-order chi connectivity index (χ1) is 13.0. The molecule has 0 amide bonds. The van der Waals surface area contributed by atoms with Gasteiger partial charge in [0, 0.05) is 11.8 Å². The highest BCUT2D eigenvalue weighted by atomic mass is 19.1. The number of pyridine rings is 1. The smallest absolute Gasteiger partial charge is 0.246 e. The van der Waals surface area contributed by atoms with E-state index in [2.05, 4.69) is 35.5 Å². The van der Waals surface area contributed by atoms with Gasteiger partial charge in [0.05, 0.1) is 25.0 Å². The zero-order chi connectivity index (χ0) is 19.0. The van der Waals surface area contributed by atoms with Gasteiger partial charge in [0.25, 0.3) is 0 Å². The molecule has 0 saturated carbocycles. The summed E-state index contributed by atoms with van der Waals surface area (Å²) in [6.07, 6.45) is 2.79. The summed E-state index contributed by atoms with van der Waals surface area (Å²) >= 11 is 0. The number of imidazole rings is 1. The maximum Gasteiger partial charge on any atom is 0.246 e. The van der Waals surface area contributed by atoms with Gasteiger partial charge in [-0.25, -0.2) is 9.37 Å². The highest BCUT2D eigenvalue weighted by Crippen LogP contribution is 2.26. The second kappa shape index (κ2) is 6.63. The van der Waals surface area contributed by atoms with Gasteiger partial charge in [-0.15, -0.1) is 0 Å². The van der Waals surface area contributed by atoms with E-state index in [1.807, 2.05) is 19.9 Å². The molecule has 0 aliphatic heterocycles. The number of nitrogens with zero attached hydrogens (tertiary/aromatic N) is 6. The maximum absolute atomic E-state index is 13.1. The molecule has 27 heavy (non-hydrogen) atoms. The number of halogens is 1. The number of nitrogens with one attached hydrogen (secondary N) is 2. The number of ether oxygens (including phenoxy) is 1. The lowest BCUT2D eigenvalue weighted by atomic mass is 10.2. The van der Waals surface area contributed by atoms with Gasteiger partial charge in [-0.3, -0.25) is 14.6 Å². The standard InChI is InChI=1S/C17H17FN8O/c1-9-6-13(25-24-9)26-8-20-14-15(26)22-17(23-16(14)27-3)21-10(2)12-5-4-11(18)7-19-12/h4-8,10H,1-3H3,(H,24,25)(H,21,22,23)/t10-/m0/s1. The first kappa shape index (κ1) is 16.9. The average Bonchev–Trinajstić information content (AvgIpc) is 3.27. The lowest BCUT2D eigenvalue weighted by Crippen LogP contribution is -2.12. The van der Waals surface area contributed by atoms with Crippen molar-refractivity contribution in [3.63, 3.8) is 0 Å². The molecule has 0 unspecified atom stereocenters. The number of H-pyrrole nitrogens is 1. The van der Waals surface area contributed by atoms with Crippen molar-refractivity contribution in [3.8, 4) is 11.7 Å². The van der Waals surface area contributed by atoms with Crippen LogP contribution in [0.15, 0.2) is 30.7 Å². The van der Waals surface area contributed by atoms with Crippen LogP contribution in [-0.4, -0.2) is 41.8 Å². The van der Waals surface area contributed by atoms with Crippen molar-refractivity contribution in [3.05, 3.63) is 47.9 Å². The number of aryl methyl sites for hydroxylation is 1. The fraction of sp³-hybridized carbons (Fsp3) is 0.235. The van der Waals surface area contributed by atoms with Crippen molar-refractivity contribution in [2.75, 3.05) is 12.4 Å². The summed E-state index contributed by atoms with van der Waals surface area (Å²) in [7, 11) is 1.52. The minimum Gasteiger partial charge on any atom is -0.479 e. The quantitative estimate of drug-likeness (QED) is 0.557. The molecule has 2 N–H and O–H groups in total. The van der Waals surface area contributed by atoms with Crippen molar-refractivity contribution in [1.82, 2.24) is 34.7 Å². The van der Waals surface area contributed by atoms with Crippen molar-refractivity contribution in [2.24, 2.45) is 0 Å². The molecule has 0 bridgehead atoms. The van der Waals surface area contributed by atoms with E-state index in [0.717, 1.165) is 5.69 Å². The van der Waals surface area contributed by atoms with Gasteiger partial charge in [-0.2, -0.15) is 15.1 Å². The van der Waals surface area contributed by atoms with Crippen LogP contribution in [0.3, 0.4) is 0 Å². The molecule has 1 atom stereocenters. The Hall–Kier alpha value is -3.56. The minimum atomic E-state index is -0.386. The molecule has 4 aromatic heterocycles. The number of aromatic amines is 1. The van der Waals surface area contributed by atoms with Gasteiger partial charge in [0.15, 0.2) is 17.0 Å². The molecule has 0 radical (unpaired) electrons. The molecule has 0 spiro atoms. The molecule has 0 aromatic carbocycles. The predicted molar refractivity (Wildman–Crippen MR) is 96.3 cm³/mol. The van der Waals surface area contributed by atoms with Gasteiger partial charge in [-0.05, 0) is 26.0 Å². The number of hydrogen-bond donors (Lipinski definition) is 2. The summed E-state index contributed by atoms with van der Waals surface area (Å²) in [5.74, 6) is 0.957. The lowest BCUT2D eigenvalue weighted by Gasteiger charge is -2.14. The van der Waals surface area contributed by atoms with Crippen molar-refractivity contribution < 1.29 is 9.13 Å². The third-order valence-electron chi connectivity index (χ3n) is 4.04. The van der Waals surface area contributed by atoms with Crippen LogP contribution < -0.4 is 10.1 Å². The van der Waals surface area contributed by atoms with E-state index in [9.17, 15) is 4.39 Å². The summed E-state index contributed by atoms with van der Waals surface area (Å²) in [4.78, 5) is 17.3. The number of methoxy groups -OCH3 is 1. The van der Waals surface area contributed by atoms with Crippen LogP contribution in [0.4, 0.5) is 10.3 Å². The molecule has 138 valence electrons. The Morgan fingerprint density at radius 1 is 1.26 bits per heavy atom. The van der Waals surface area contributed by atoms with Crippen molar-refractivity contribution in [1.29, 1.82) is 0 Å². The number of fused-ring (bicyclic) bond motifs is 1. The molecule has 0 fully saturated rings. The molecule has 4 rings (SSSR count). The normalized spacial score (nSPS) is 12.3. The second-order valence-corrected chi connectivity index (χ2v) is 6.02. The van der Waals surface area contributed by atoms with E-state index in [0.29, 0.717) is 34.5 Å². The van der Waals surface area contributed by atoms with Gasteiger partial charge < -0.3 is 10.1 Å². The number of rotatable bonds is 5. The van der Waals surface area contributed by atoms with E-state index in [-0.39, 0.29) is 11.9 Å². The Balaban J connectivity index is 1.73. The van der Waals surface area contributed by atoms with Crippen molar-refractivity contribution >= 4 is 17.1 Å². The lowest BCUT2D eigenvalue weighted by molar-refractivity contribution is 0.402. The number of hydrogen-bond acceptors (Lipinski definition) is 7. The third kappa shape index (κ3) is 3.16. The molecule has 4 aromatic rings. The Kier molecular flexibility index (Phi) is 4.15. The minimum absolute atomic E-state index is 0.239. The van der Waals surface area contributed by atoms with E-state index in [1.54, 1.807) is 17.0 Å². The molecule has 0 aliphatic rings. The second-order valence-electron chi connectivity index (χ2n) is 6.02. The van der Waals surface area contributed by atoms with Gasteiger partial charge in [-0.1, -0.05) is 0 Å². The summed E-state index contributed by atoms with van der Waals surface area (Å²) < 4.78 is 20.2. The van der Waals surface area contributed by atoms with Gasteiger partial charge in [0.1, 0.15) is 12.1 Å². The van der Waals surface area contributed by atoms with Crippen molar-refractivity contribution in [2.45, 2.75) is 19.9 Å². The van der Waals surface area contributed by atoms with E-state index in [4.69, 9.17) is 4.74 Å². The fourth-order valence-corrected chi connectivity index (χ4v) is 2.69. The highest BCUT2D eigenvalue weighted by Gasteiger charge is 2.17. The van der Waals surface area contributed by atoms with Crippen LogP contribution in [0.5, 0.6) is 5.88 Å². The zero-order valence-corrected chi connectivity index (χ0v) is 14.9. The monoisotopic (exact) mass is 368 g/mol. The molecule has 0 saturated heterocycles. The first-order valence-electron chi connectivity index (χ1n) is 8.24. The third-order valence-corrected chi connectivity index (χ3v) is 4.04. The van der Waals surface area contributed by atoms with Crippen LogP contribution in [0, 0.1) is 12.7 Å². The molecular formula is C17H17FN8O. The van der Waals surface area contributed by atoms with Crippen LogP contribution in [0.25, 0.3) is 17.0 Å². The van der Waals surface area contributed by atoms with Crippen LogP contribution in [0.2, 0.25) is 0 Å². The number of anilines is 1. The van der Waals surface area contributed by atoms with Gasteiger partial charge in [0.2, 0.25) is 11.8 Å². The zero-order valence-electron chi connectivity index (χ0n) is 14.9. The Labute approximate surface area is 153 Å². The van der Waals surface area contributed by atoms with Gasteiger partial charge >= 0.3 is 0 Å². The van der Waals surface area contributed by atoms with Crippen LogP contribution in [0.1, 0.15) is 24.4 Å². The summed E-state index contributed by atoms with van der Waals surface area (Å²) in [5.41, 5.74) is 2.66. The van der Waals surface area contributed by atoms with Crippen LogP contribution >= 0.6 is 0 Å². The van der Waals surface area contributed by atoms with E-state index < -0.39 is 0 Å². The summed E-state index contributed by atoms with van der Waals surface area (Å²) in [5, 5.41) is 10.3. The first-order valence-corrected chi connectivity index (χ1v) is 8.24. The Morgan fingerprint density at radius 3 is 2.78 bits per heavy atom. The largest absolute Gasteiger partial charge is 0.479 e. The maximum atomic E-state index is 13.1. The molecule has 9 nitrogen and oxygen atoms in total. The molecule has 10 heteroatoms. The molecule has 4 heterocycles. The summed E-state index contributed by atoms with van der Waals surface area (Å²) in [6, 6.07) is 4.62. The topological polar surface area (TPSA) is 106 Å². The van der Waals surface area contributed by atoms with E-state index >= 15 is 0 Å². The van der Waals surface area contributed by atoms with Crippen LogP contribution in [-0.2, 0) is 0 Å². The fourth-order valence-electron chi connectivity index (χ4n) is 2.69. The molecule has 0 aliphatic carbocycles. The molecular weight excluding hydrogens is 351 g/mol. The average molecular weight is 368 g/mol. The Bertz CT molecular complexity index is 1090. The predicted octanol–water partition coefficient (Wildman–Crippen LogP) is 2.56. The Morgan fingerprint density at radius 2 is 2.11 bits per heavy atom. The SMILES string of the molecule is COc1nc(N[C@@H](C)c2ccc(F)cn2)nc2c1ncn2-c1cc(C)[nH]n1. The number of aromatic nitrogens is 7. The summed E-state index contributed by atoms with van der Waals surface area (Å²) in [6.45, 7) is 3.80. The highest BCUT2D eigenvalue weighted by molar-refractivity contribution is 5.79.